The van der Waals surface area contributed by atoms with Crippen LogP contribution >= 0.6 is 8.25 Å². The molecule has 0 N–H and O–H groups in total. The fourth-order valence-electron chi connectivity index (χ4n) is 1.93. The fourth-order valence-corrected chi connectivity index (χ4v) is 2.58. The molecule has 0 spiro atoms. The summed E-state index contributed by atoms with van der Waals surface area (Å²) in [5, 5.41) is 0. The van der Waals surface area contributed by atoms with E-state index in [1.165, 1.54) is 11.1 Å². The summed E-state index contributed by atoms with van der Waals surface area (Å²) in [5.74, 6) is 0. The molecule has 0 rings (SSSR count). The zero-order valence-corrected chi connectivity index (χ0v) is 14.5. The van der Waals surface area contributed by atoms with Crippen LogP contribution in [0.3, 0.4) is 0 Å². The number of rotatable bonds is 12. The molecule has 118 valence electrons. The summed E-state index contributed by atoms with van der Waals surface area (Å²) in [6.07, 6.45) is 10.3. The molecule has 20 heavy (non-hydrogen) atoms. The Morgan fingerprint density at radius 3 is 1.45 bits per heavy atom. The third kappa shape index (κ3) is 10.4. The minimum absolute atomic E-state index is 0.478. The molecule has 0 saturated carbocycles. The molecule has 3 nitrogen and oxygen atoms in total. The van der Waals surface area contributed by atoms with Gasteiger partial charge in [-0.1, -0.05) is 51.0 Å². The van der Waals surface area contributed by atoms with Crippen molar-refractivity contribution in [3.05, 3.63) is 23.3 Å². The fraction of sp³-hybridized carbons (Fsp3) is 0.750. The van der Waals surface area contributed by atoms with Crippen LogP contribution in [-0.4, -0.2) is 13.2 Å². The minimum atomic E-state index is -2.32. The van der Waals surface area contributed by atoms with Crippen LogP contribution in [0, 0.1) is 0 Å². The Kier molecular flexibility index (Phi) is 13.4. The summed E-state index contributed by atoms with van der Waals surface area (Å²) >= 11 is 0. The van der Waals surface area contributed by atoms with Crippen LogP contribution in [0.25, 0.3) is 0 Å². The molecular weight excluding hydrogens is 271 g/mol. The highest BCUT2D eigenvalue weighted by molar-refractivity contribution is 7.33. The van der Waals surface area contributed by atoms with Gasteiger partial charge in [0.25, 0.3) is 0 Å². The highest BCUT2D eigenvalue weighted by Gasteiger charge is 1.99. The van der Waals surface area contributed by atoms with Crippen molar-refractivity contribution in [2.75, 3.05) is 13.2 Å². The average molecular weight is 302 g/mol. The third-order valence-electron chi connectivity index (χ3n) is 3.36. The maximum atomic E-state index is 11.5. The summed E-state index contributed by atoms with van der Waals surface area (Å²) in [6.45, 7) is 9.55. The van der Waals surface area contributed by atoms with Crippen LogP contribution in [0.2, 0.25) is 0 Å². The number of allylic oxidation sites excluding steroid dienone is 2. The van der Waals surface area contributed by atoms with Crippen LogP contribution in [0.5, 0.6) is 0 Å². The van der Waals surface area contributed by atoms with Gasteiger partial charge in [-0.05, 0) is 38.5 Å². The van der Waals surface area contributed by atoms with E-state index >= 15 is 0 Å². The van der Waals surface area contributed by atoms with Gasteiger partial charge in [0, 0.05) is 0 Å². The molecule has 0 aromatic rings. The lowest BCUT2D eigenvalue weighted by Gasteiger charge is -2.05. The third-order valence-corrected chi connectivity index (χ3v) is 4.24. The highest BCUT2D eigenvalue weighted by atomic mass is 31.1. The monoisotopic (exact) mass is 302 g/mol. The second-order valence-electron chi connectivity index (χ2n) is 4.66. The normalized spacial score (nSPS) is 10.7. The first-order valence-corrected chi connectivity index (χ1v) is 9.05. The molecule has 0 radical (unpaired) electrons. The van der Waals surface area contributed by atoms with Crippen molar-refractivity contribution in [1.29, 1.82) is 0 Å². The largest absolute Gasteiger partial charge is 0.319 e. The number of hydrogen-bond donors (Lipinski definition) is 0. The van der Waals surface area contributed by atoms with Gasteiger partial charge >= 0.3 is 8.25 Å². The molecule has 0 unspecified atom stereocenters. The molecule has 0 heterocycles. The lowest BCUT2D eigenvalue weighted by molar-refractivity contribution is 0.231. The van der Waals surface area contributed by atoms with Crippen molar-refractivity contribution in [3.8, 4) is 0 Å². The molecule has 0 aromatic heterocycles. The molecule has 0 amide bonds. The molecule has 0 aliphatic carbocycles. The molecule has 0 fully saturated rings. The van der Waals surface area contributed by atoms with Gasteiger partial charge in [0.2, 0.25) is 0 Å². The number of hydrogen-bond acceptors (Lipinski definition) is 3. The summed E-state index contributed by atoms with van der Waals surface area (Å²) in [4.78, 5) is 0. The minimum Gasteiger partial charge on any atom is -0.310 e. The lowest BCUT2D eigenvalue weighted by atomic mass is 10.1. The molecule has 0 aromatic carbocycles. The van der Waals surface area contributed by atoms with Crippen LogP contribution in [0.4, 0.5) is 0 Å². The molecule has 4 heteroatoms. The van der Waals surface area contributed by atoms with Crippen molar-refractivity contribution in [3.63, 3.8) is 0 Å². The van der Waals surface area contributed by atoms with E-state index in [-0.39, 0.29) is 0 Å². The van der Waals surface area contributed by atoms with Gasteiger partial charge in [-0.2, -0.15) is 0 Å². The summed E-state index contributed by atoms with van der Waals surface area (Å²) in [6, 6.07) is 0. The van der Waals surface area contributed by atoms with E-state index in [1.807, 2.05) is 0 Å². The van der Waals surface area contributed by atoms with Gasteiger partial charge in [-0.25, -0.2) is 0 Å². The maximum Gasteiger partial charge on any atom is 0.319 e. The van der Waals surface area contributed by atoms with Gasteiger partial charge in [-0.3, -0.25) is 4.57 Å². The topological polar surface area (TPSA) is 35.5 Å². The standard InChI is InChI=1S/C16H31O3P/c1-5-15(6-2)11-9-13-18-20(17)19-14-10-12-16(7-3)8-4/h11-12,20H,5-10,13-14H2,1-4H3. The van der Waals surface area contributed by atoms with Crippen LogP contribution in [0.1, 0.15) is 66.2 Å². The van der Waals surface area contributed by atoms with E-state index in [2.05, 4.69) is 39.8 Å². The Labute approximate surface area is 125 Å². The highest BCUT2D eigenvalue weighted by Crippen LogP contribution is 2.24. The first kappa shape index (κ1) is 19.6. The molecule has 0 saturated heterocycles. The Morgan fingerprint density at radius 2 is 1.15 bits per heavy atom. The summed E-state index contributed by atoms with van der Waals surface area (Å²) < 4.78 is 21.9. The Morgan fingerprint density at radius 1 is 0.800 bits per heavy atom. The Balaban J connectivity index is 3.70. The second kappa shape index (κ2) is 13.6. The smallest absolute Gasteiger partial charge is 0.310 e. The molecule has 0 aliphatic rings. The summed E-state index contributed by atoms with van der Waals surface area (Å²) in [5.41, 5.74) is 2.84. The van der Waals surface area contributed by atoms with Crippen molar-refractivity contribution in [2.24, 2.45) is 0 Å². The van der Waals surface area contributed by atoms with Crippen molar-refractivity contribution < 1.29 is 13.6 Å². The van der Waals surface area contributed by atoms with Gasteiger partial charge < -0.3 is 9.05 Å². The average Bonchev–Trinajstić information content (AvgIpc) is 2.47. The van der Waals surface area contributed by atoms with Crippen LogP contribution < -0.4 is 0 Å². The van der Waals surface area contributed by atoms with E-state index < -0.39 is 8.25 Å². The Bertz CT molecular complexity index is 280. The van der Waals surface area contributed by atoms with Gasteiger partial charge in [0.15, 0.2) is 0 Å². The van der Waals surface area contributed by atoms with Gasteiger partial charge in [0.05, 0.1) is 13.2 Å². The van der Waals surface area contributed by atoms with Crippen molar-refractivity contribution >= 4 is 8.25 Å². The van der Waals surface area contributed by atoms with E-state index in [9.17, 15) is 4.57 Å². The first-order chi connectivity index (χ1) is 9.67. The summed E-state index contributed by atoms with van der Waals surface area (Å²) in [7, 11) is -2.32. The van der Waals surface area contributed by atoms with Gasteiger partial charge in [-0.15, -0.1) is 0 Å². The zero-order chi connectivity index (χ0) is 15.2. The Hall–Kier alpha value is -0.370. The molecular formula is C16H31O3P. The van der Waals surface area contributed by atoms with E-state index in [0.717, 1.165) is 38.5 Å². The maximum absolute atomic E-state index is 11.5. The lowest BCUT2D eigenvalue weighted by Crippen LogP contribution is -1.91. The second-order valence-corrected chi connectivity index (χ2v) is 5.74. The quantitative estimate of drug-likeness (QED) is 0.264. The molecule has 0 atom stereocenters. The van der Waals surface area contributed by atoms with Crippen molar-refractivity contribution in [2.45, 2.75) is 66.2 Å². The van der Waals surface area contributed by atoms with Crippen LogP contribution in [-0.2, 0) is 13.6 Å². The van der Waals surface area contributed by atoms with E-state index in [4.69, 9.17) is 9.05 Å². The van der Waals surface area contributed by atoms with Gasteiger partial charge in [0.1, 0.15) is 0 Å². The molecule has 0 bridgehead atoms. The zero-order valence-electron chi connectivity index (χ0n) is 13.5. The van der Waals surface area contributed by atoms with E-state index in [0.29, 0.717) is 13.2 Å². The SMILES string of the molecule is CCC(=CCCO[PH](=O)OCCC=C(CC)CC)CC. The predicted octanol–water partition coefficient (Wildman–Crippen LogP) is 5.68. The van der Waals surface area contributed by atoms with E-state index in [1.54, 1.807) is 0 Å². The predicted molar refractivity (Wildman–Crippen MR) is 87.5 cm³/mol. The first-order valence-electron chi connectivity index (χ1n) is 7.83. The van der Waals surface area contributed by atoms with Crippen LogP contribution in [0.15, 0.2) is 23.3 Å². The molecule has 0 aliphatic heterocycles. The van der Waals surface area contributed by atoms with Crippen molar-refractivity contribution in [1.82, 2.24) is 0 Å².